The molecule has 0 bridgehead atoms. The van der Waals surface area contributed by atoms with Crippen molar-refractivity contribution in [1.29, 1.82) is 0 Å². The van der Waals surface area contributed by atoms with Gasteiger partial charge in [-0.25, -0.2) is 0 Å². The number of rotatable bonds is 6. The molecule has 0 saturated heterocycles. The molecule has 2 atom stereocenters. The van der Waals surface area contributed by atoms with Crippen molar-refractivity contribution in [2.75, 3.05) is 7.11 Å². The topological polar surface area (TPSA) is 29.5 Å². The third-order valence-electron chi connectivity index (χ3n) is 2.74. The van der Waals surface area contributed by atoms with E-state index in [1.165, 1.54) is 12.8 Å². The van der Waals surface area contributed by atoms with Gasteiger partial charge in [0.25, 0.3) is 0 Å². The van der Waals surface area contributed by atoms with E-state index in [1.807, 2.05) is 13.8 Å². The summed E-state index contributed by atoms with van der Waals surface area (Å²) in [6, 6.07) is 0. The van der Waals surface area contributed by atoms with Gasteiger partial charge in [0.1, 0.15) is 0 Å². The van der Waals surface area contributed by atoms with E-state index < -0.39 is 5.60 Å². The maximum atomic E-state index is 9.85. The minimum absolute atomic E-state index is 0.362. The monoisotopic (exact) mass is 188 g/mol. The van der Waals surface area contributed by atoms with Crippen LogP contribution in [-0.4, -0.2) is 23.9 Å². The second-order valence-corrected chi connectivity index (χ2v) is 4.45. The minimum Gasteiger partial charge on any atom is -0.390 e. The molecule has 0 rings (SSSR count). The van der Waals surface area contributed by atoms with E-state index >= 15 is 0 Å². The summed E-state index contributed by atoms with van der Waals surface area (Å²) < 4.78 is 5.23. The van der Waals surface area contributed by atoms with Crippen LogP contribution in [0.4, 0.5) is 0 Å². The van der Waals surface area contributed by atoms with Crippen LogP contribution in [0.25, 0.3) is 0 Å². The van der Waals surface area contributed by atoms with Gasteiger partial charge in [-0.15, -0.1) is 0 Å². The van der Waals surface area contributed by atoms with Gasteiger partial charge in [0, 0.05) is 7.11 Å². The molecule has 0 amide bonds. The fourth-order valence-electron chi connectivity index (χ4n) is 1.41. The predicted molar refractivity (Wildman–Crippen MR) is 55.8 cm³/mol. The highest BCUT2D eigenvalue weighted by Crippen LogP contribution is 2.22. The molecule has 0 aliphatic carbocycles. The third kappa shape index (κ3) is 4.63. The minimum atomic E-state index is -0.415. The fourth-order valence-corrected chi connectivity index (χ4v) is 1.41. The number of aliphatic hydroxyl groups is 1. The average Bonchev–Trinajstić information content (AvgIpc) is 2.04. The zero-order chi connectivity index (χ0) is 10.5. The van der Waals surface area contributed by atoms with Gasteiger partial charge >= 0.3 is 0 Å². The molecule has 0 saturated carbocycles. The van der Waals surface area contributed by atoms with E-state index in [1.54, 1.807) is 7.11 Å². The molecule has 0 aromatic carbocycles. The van der Waals surface area contributed by atoms with Crippen LogP contribution in [0.2, 0.25) is 0 Å². The van der Waals surface area contributed by atoms with Crippen LogP contribution in [0.1, 0.15) is 47.0 Å². The van der Waals surface area contributed by atoms with Crippen molar-refractivity contribution in [1.82, 2.24) is 0 Å². The van der Waals surface area contributed by atoms with Gasteiger partial charge in [0.2, 0.25) is 0 Å². The quantitative estimate of drug-likeness (QED) is 0.694. The molecule has 80 valence electrons. The molecule has 0 spiro atoms. The van der Waals surface area contributed by atoms with Crippen molar-refractivity contribution in [2.45, 2.75) is 58.7 Å². The van der Waals surface area contributed by atoms with Crippen LogP contribution < -0.4 is 0 Å². The highest BCUT2D eigenvalue weighted by Gasteiger charge is 2.28. The third-order valence-corrected chi connectivity index (χ3v) is 2.74. The van der Waals surface area contributed by atoms with Gasteiger partial charge in [-0.05, 0) is 26.2 Å². The Bertz CT molecular complexity index is 132. The Balaban J connectivity index is 3.91. The number of aliphatic hydroxyl groups excluding tert-OH is 1. The lowest BCUT2D eigenvalue weighted by atomic mass is 9.90. The molecule has 0 radical (unpaired) electrons. The van der Waals surface area contributed by atoms with Gasteiger partial charge in [-0.1, -0.05) is 26.7 Å². The van der Waals surface area contributed by atoms with E-state index in [4.69, 9.17) is 4.74 Å². The molecular formula is C11H24O2. The van der Waals surface area contributed by atoms with Crippen LogP contribution in [-0.2, 0) is 4.74 Å². The lowest BCUT2D eigenvalue weighted by molar-refractivity contribution is -0.0851. The Labute approximate surface area is 82.3 Å². The summed E-state index contributed by atoms with van der Waals surface area (Å²) in [7, 11) is 1.65. The number of hydrogen-bond donors (Lipinski definition) is 1. The first-order valence-corrected chi connectivity index (χ1v) is 5.17. The largest absolute Gasteiger partial charge is 0.390 e. The van der Waals surface area contributed by atoms with Crippen molar-refractivity contribution in [3.8, 4) is 0 Å². The molecule has 0 aliphatic heterocycles. The van der Waals surface area contributed by atoms with E-state index in [-0.39, 0.29) is 6.10 Å². The Morgan fingerprint density at radius 1 is 1.38 bits per heavy atom. The molecule has 2 nitrogen and oxygen atoms in total. The summed E-state index contributed by atoms with van der Waals surface area (Å²) in [5, 5.41) is 9.85. The molecule has 1 N–H and O–H groups in total. The smallest absolute Gasteiger partial charge is 0.0880 e. The number of hydrogen-bond acceptors (Lipinski definition) is 2. The first-order chi connectivity index (χ1) is 5.94. The Morgan fingerprint density at radius 3 is 2.31 bits per heavy atom. The van der Waals surface area contributed by atoms with Crippen molar-refractivity contribution in [2.24, 2.45) is 5.92 Å². The highest BCUT2D eigenvalue weighted by atomic mass is 16.5. The lowest BCUT2D eigenvalue weighted by Crippen LogP contribution is -2.39. The summed E-state index contributed by atoms with van der Waals surface area (Å²) in [5.74, 6) is 0.578. The Kier molecular flexibility index (Phi) is 5.57. The highest BCUT2D eigenvalue weighted by molar-refractivity contribution is 4.79. The SMILES string of the molecule is CCCC(C)CC(O)C(C)(C)OC. The Hall–Kier alpha value is -0.0800. The van der Waals surface area contributed by atoms with E-state index in [0.717, 1.165) is 6.42 Å². The second-order valence-electron chi connectivity index (χ2n) is 4.45. The van der Waals surface area contributed by atoms with E-state index in [2.05, 4.69) is 13.8 Å². The molecule has 0 heterocycles. The van der Waals surface area contributed by atoms with Gasteiger partial charge in [-0.3, -0.25) is 0 Å². The molecular weight excluding hydrogens is 164 g/mol. The lowest BCUT2D eigenvalue weighted by Gasteiger charge is -2.30. The van der Waals surface area contributed by atoms with Crippen LogP contribution in [0.15, 0.2) is 0 Å². The summed E-state index contributed by atoms with van der Waals surface area (Å²) in [6.45, 7) is 8.20. The van der Waals surface area contributed by atoms with Crippen molar-refractivity contribution in [3.63, 3.8) is 0 Å². The van der Waals surface area contributed by atoms with Crippen LogP contribution in [0.5, 0.6) is 0 Å². The summed E-state index contributed by atoms with van der Waals surface area (Å²) in [5.41, 5.74) is -0.415. The van der Waals surface area contributed by atoms with E-state index in [9.17, 15) is 5.11 Å². The van der Waals surface area contributed by atoms with Gasteiger partial charge in [0.05, 0.1) is 11.7 Å². The summed E-state index contributed by atoms with van der Waals surface area (Å²) in [6.07, 6.45) is 2.83. The summed E-state index contributed by atoms with van der Waals surface area (Å²) >= 11 is 0. The van der Waals surface area contributed by atoms with Crippen LogP contribution in [0, 0.1) is 5.92 Å². The van der Waals surface area contributed by atoms with Crippen LogP contribution >= 0.6 is 0 Å². The number of ether oxygens (including phenoxy) is 1. The molecule has 2 unspecified atom stereocenters. The first kappa shape index (κ1) is 12.9. The van der Waals surface area contributed by atoms with Crippen molar-refractivity contribution in [3.05, 3.63) is 0 Å². The molecule has 2 heteroatoms. The van der Waals surface area contributed by atoms with Gasteiger partial charge < -0.3 is 9.84 Å². The summed E-state index contributed by atoms with van der Waals surface area (Å²) in [4.78, 5) is 0. The standard InChI is InChI=1S/C11H24O2/c1-6-7-9(2)8-10(12)11(3,4)13-5/h9-10,12H,6-8H2,1-5H3. The fraction of sp³-hybridized carbons (Fsp3) is 1.00. The maximum absolute atomic E-state index is 9.85. The van der Waals surface area contributed by atoms with Crippen molar-refractivity contribution >= 4 is 0 Å². The zero-order valence-corrected chi connectivity index (χ0v) is 9.63. The van der Waals surface area contributed by atoms with Gasteiger partial charge in [-0.2, -0.15) is 0 Å². The predicted octanol–water partition coefficient (Wildman–Crippen LogP) is 2.60. The molecule has 0 aromatic heterocycles. The second kappa shape index (κ2) is 5.61. The molecule has 0 fully saturated rings. The molecule has 0 aromatic rings. The first-order valence-electron chi connectivity index (χ1n) is 5.17. The van der Waals surface area contributed by atoms with E-state index in [0.29, 0.717) is 5.92 Å². The number of methoxy groups -OCH3 is 1. The normalized spacial score (nSPS) is 17.1. The Morgan fingerprint density at radius 2 is 1.92 bits per heavy atom. The molecule has 0 aliphatic rings. The maximum Gasteiger partial charge on any atom is 0.0880 e. The molecule has 13 heavy (non-hydrogen) atoms. The zero-order valence-electron chi connectivity index (χ0n) is 9.63. The van der Waals surface area contributed by atoms with Crippen molar-refractivity contribution < 1.29 is 9.84 Å². The van der Waals surface area contributed by atoms with Gasteiger partial charge in [0.15, 0.2) is 0 Å². The van der Waals surface area contributed by atoms with Crippen LogP contribution in [0.3, 0.4) is 0 Å². The average molecular weight is 188 g/mol.